The van der Waals surface area contributed by atoms with Crippen molar-refractivity contribution in [2.75, 3.05) is 0 Å². The molecule has 0 spiro atoms. The van der Waals surface area contributed by atoms with Gasteiger partial charge in [-0.15, -0.1) is 12.3 Å². The number of hydrogen-bond acceptors (Lipinski definition) is 1. The van der Waals surface area contributed by atoms with Crippen LogP contribution in [0.3, 0.4) is 0 Å². The number of terminal acetylenes is 1. The minimum atomic E-state index is 0.509. The summed E-state index contributed by atoms with van der Waals surface area (Å²) in [6.07, 6.45) is 8.37. The molecule has 0 aromatic rings. The van der Waals surface area contributed by atoms with Crippen LogP contribution < -0.4 is 5.32 Å². The lowest BCUT2D eigenvalue weighted by atomic mass is 10.1. The molecule has 2 atom stereocenters. The van der Waals surface area contributed by atoms with Gasteiger partial charge < -0.3 is 5.32 Å². The largest absolute Gasteiger partial charge is 0.311 e. The second-order valence-electron chi connectivity index (χ2n) is 2.99. The van der Waals surface area contributed by atoms with Crippen LogP contribution in [0.15, 0.2) is 0 Å². The van der Waals surface area contributed by atoms with Crippen LogP contribution in [0.25, 0.3) is 0 Å². The molecule has 0 aliphatic rings. The maximum Gasteiger partial charge on any atom is 0.0240 e. The third-order valence-corrected chi connectivity index (χ3v) is 1.99. The van der Waals surface area contributed by atoms with Crippen molar-refractivity contribution >= 4 is 0 Å². The highest BCUT2D eigenvalue weighted by atomic mass is 14.9. The van der Waals surface area contributed by atoms with Gasteiger partial charge in [0, 0.05) is 18.5 Å². The van der Waals surface area contributed by atoms with Gasteiger partial charge in [0.1, 0.15) is 0 Å². The molecule has 0 saturated carbocycles. The van der Waals surface area contributed by atoms with E-state index >= 15 is 0 Å². The molecule has 0 aromatic heterocycles. The van der Waals surface area contributed by atoms with Crippen LogP contribution in [0.5, 0.6) is 0 Å². The third-order valence-electron chi connectivity index (χ3n) is 1.99. The summed E-state index contributed by atoms with van der Waals surface area (Å²) in [5.41, 5.74) is 0. The van der Waals surface area contributed by atoms with Gasteiger partial charge in [-0.25, -0.2) is 0 Å². The molecule has 0 aromatic carbocycles. The summed E-state index contributed by atoms with van der Waals surface area (Å²) in [5.74, 6) is 2.69. The van der Waals surface area contributed by atoms with Crippen LogP contribution in [-0.2, 0) is 0 Å². The smallest absolute Gasteiger partial charge is 0.0240 e. The van der Waals surface area contributed by atoms with Crippen LogP contribution in [-0.4, -0.2) is 12.1 Å². The van der Waals surface area contributed by atoms with Crippen molar-refractivity contribution < 1.29 is 0 Å². The van der Waals surface area contributed by atoms with Gasteiger partial charge in [-0.2, -0.15) is 0 Å². The second kappa shape index (κ2) is 6.24. The van der Waals surface area contributed by atoms with Gasteiger partial charge in [-0.05, 0) is 19.8 Å². The predicted molar refractivity (Wildman–Crippen MR) is 50.4 cm³/mol. The molecule has 0 fully saturated rings. The Hall–Kier alpha value is -0.480. The molecule has 0 radical (unpaired) electrons. The SMILES string of the molecule is C#CCC(CC)NC(C)CC. The maximum atomic E-state index is 5.23. The van der Waals surface area contributed by atoms with E-state index in [9.17, 15) is 0 Å². The van der Waals surface area contributed by atoms with Gasteiger partial charge in [0.2, 0.25) is 0 Å². The Morgan fingerprint density at radius 1 is 1.36 bits per heavy atom. The molecular weight excluding hydrogens is 134 g/mol. The van der Waals surface area contributed by atoms with E-state index in [0.29, 0.717) is 12.1 Å². The van der Waals surface area contributed by atoms with Gasteiger partial charge in [-0.3, -0.25) is 0 Å². The average Bonchev–Trinajstić information content (AvgIpc) is 2.03. The summed E-state index contributed by atoms with van der Waals surface area (Å²) in [7, 11) is 0. The lowest BCUT2D eigenvalue weighted by molar-refractivity contribution is 0.431. The van der Waals surface area contributed by atoms with Gasteiger partial charge in [-0.1, -0.05) is 13.8 Å². The molecule has 0 saturated heterocycles. The van der Waals surface area contributed by atoms with Gasteiger partial charge in [0.25, 0.3) is 0 Å². The van der Waals surface area contributed by atoms with Crippen LogP contribution >= 0.6 is 0 Å². The van der Waals surface area contributed by atoms with Crippen molar-refractivity contribution in [3.63, 3.8) is 0 Å². The van der Waals surface area contributed by atoms with E-state index in [1.54, 1.807) is 0 Å². The van der Waals surface area contributed by atoms with Gasteiger partial charge in [0.15, 0.2) is 0 Å². The Labute approximate surface area is 70.6 Å². The van der Waals surface area contributed by atoms with Crippen LogP contribution in [0.1, 0.15) is 40.0 Å². The first kappa shape index (κ1) is 10.5. The van der Waals surface area contributed by atoms with Gasteiger partial charge >= 0.3 is 0 Å². The fourth-order valence-electron chi connectivity index (χ4n) is 0.984. The number of nitrogens with one attached hydrogen (secondary N) is 1. The van der Waals surface area contributed by atoms with Crippen molar-refractivity contribution in [3.8, 4) is 12.3 Å². The molecule has 0 bridgehead atoms. The van der Waals surface area contributed by atoms with Crippen molar-refractivity contribution in [1.82, 2.24) is 5.32 Å². The monoisotopic (exact) mass is 153 g/mol. The minimum absolute atomic E-state index is 0.509. The second-order valence-corrected chi connectivity index (χ2v) is 2.99. The van der Waals surface area contributed by atoms with Crippen molar-refractivity contribution in [1.29, 1.82) is 0 Å². The predicted octanol–water partition coefficient (Wildman–Crippen LogP) is 2.18. The quantitative estimate of drug-likeness (QED) is 0.597. The topological polar surface area (TPSA) is 12.0 Å². The Balaban J connectivity index is 3.60. The standard InChI is InChI=1S/C10H19N/c1-5-8-10(7-3)11-9(4)6-2/h1,9-11H,6-8H2,2-4H3. The summed E-state index contributed by atoms with van der Waals surface area (Å²) in [6, 6.07) is 1.10. The molecule has 1 heteroatoms. The highest BCUT2D eigenvalue weighted by Crippen LogP contribution is 1.99. The van der Waals surface area contributed by atoms with Crippen LogP contribution in [0.4, 0.5) is 0 Å². The van der Waals surface area contributed by atoms with E-state index in [-0.39, 0.29) is 0 Å². The minimum Gasteiger partial charge on any atom is -0.311 e. The Morgan fingerprint density at radius 3 is 2.36 bits per heavy atom. The summed E-state index contributed by atoms with van der Waals surface area (Å²) in [6.45, 7) is 6.54. The zero-order valence-electron chi connectivity index (χ0n) is 7.85. The molecular formula is C10H19N. The van der Waals surface area contributed by atoms with E-state index in [2.05, 4.69) is 32.0 Å². The third kappa shape index (κ3) is 4.86. The molecule has 1 nitrogen and oxygen atoms in total. The normalized spacial score (nSPS) is 15.5. The van der Waals surface area contributed by atoms with Crippen molar-refractivity contribution in [2.45, 2.75) is 52.1 Å². The summed E-state index contributed by atoms with van der Waals surface area (Å²) < 4.78 is 0. The van der Waals surface area contributed by atoms with Crippen molar-refractivity contribution in [3.05, 3.63) is 0 Å². The molecule has 0 aliphatic carbocycles. The Kier molecular flexibility index (Phi) is 5.97. The van der Waals surface area contributed by atoms with Gasteiger partial charge in [0.05, 0.1) is 0 Å². The number of rotatable bonds is 5. The fraction of sp³-hybridized carbons (Fsp3) is 0.800. The van der Waals surface area contributed by atoms with E-state index in [0.717, 1.165) is 12.8 Å². The zero-order valence-corrected chi connectivity index (χ0v) is 7.85. The van der Waals surface area contributed by atoms with Crippen LogP contribution in [0.2, 0.25) is 0 Å². The van der Waals surface area contributed by atoms with E-state index < -0.39 is 0 Å². The highest BCUT2D eigenvalue weighted by molar-refractivity contribution is 4.89. The molecule has 0 rings (SSSR count). The molecule has 0 aliphatic heterocycles. The Morgan fingerprint density at radius 2 is 2.00 bits per heavy atom. The summed E-state index contributed by atoms with van der Waals surface area (Å²) in [4.78, 5) is 0. The highest BCUT2D eigenvalue weighted by Gasteiger charge is 2.06. The Bertz CT molecular complexity index is 123. The first-order valence-corrected chi connectivity index (χ1v) is 4.44. The number of hydrogen-bond donors (Lipinski definition) is 1. The van der Waals surface area contributed by atoms with E-state index in [1.807, 2.05) is 0 Å². The van der Waals surface area contributed by atoms with E-state index in [4.69, 9.17) is 6.42 Å². The average molecular weight is 153 g/mol. The zero-order chi connectivity index (χ0) is 8.69. The first-order chi connectivity index (χ1) is 5.24. The molecule has 1 N–H and O–H groups in total. The molecule has 64 valence electrons. The lowest BCUT2D eigenvalue weighted by Crippen LogP contribution is -2.35. The maximum absolute atomic E-state index is 5.23. The molecule has 11 heavy (non-hydrogen) atoms. The van der Waals surface area contributed by atoms with E-state index in [1.165, 1.54) is 6.42 Å². The molecule has 2 unspecified atom stereocenters. The molecule has 0 amide bonds. The first-order valence-electron chi connectivity index (χ1n) is 4.44. The lowest BCUT2D eigenvalue weighted by Gasteiger charge is -2.18. The van der Waals surface area contributed by atoms with Crippen LogP contribution in [0, 0.1) is 12.3 Å². The summed E-state index contributed by atoms with van der Waals surface area (Å²) >= 11 is 0. The fourth-order valence-corrected chi connectivity index (χ4v) is 0.984. The van der Waals surface area contributed by atoms with Crippen molar-refractivity contribution in [2.24, 2.45) is 0 Å². The summed E-state index contributed by atoms with van der Waals surface area (Å²) in [5, 5.41) is 3.47. The molecule has 0 heterocycles.